The summed E-state index contributed by atoms with van der Waals surface area (Å²) in [5.41, 5.74) is 0.557. The molecular formula is C19H22ClN7O3. The molecule has 0 radical (unpaired) electrons. The number of fused-ring (bicyclic) bond motifs is 1. The Morgan fingerprint density at radius 3 is 2.63 bits per heavy atom. The molecule has 1 aromatic carbocycles. The zero-order valence-electron chi connectivity index (χ0n) is 16.9. The molecule has 3 rings (SSSR count). The number of benzene rings is 1. The highest BCUT2D eigenvalue weighted by atomic mass is 35.5. The second-order valence-corrected chi connectivity index (χ2v) is 8.01. The number of halogens is 1. The molecule has 158 valence electrons. The van der Waals surface area contributed by atoms with E-state index in [2.05, 4.69) is 40.9 Å². The van der Waals surface area contributed by atoms with Crippen LogP contribution in [-0.2, 0) is 9.53 Å². The van der Waals surface area contributed by atoms with E-state index < -0.39 is 23.5 Å². The number of anilines is 3. The number of nitrogens with zero attached hydrogens (tertiary/aromatic N) is 3. The van der Waals surface area contributed by atoms with Crippen LogP contribution in [0, 0.1) is 5.41 Å². The van der Waals surface area contributed by atoms with Crippen molar-refractivity contribution >= 4 is 52.0 Å². The molecule has 0 saturated heterocycles. The Balaban J connectivity index is 1.92. The van der Waals surface area contributed by atoms with E-state index in [1.54, 1.807) is 18.2 Å². The number of aromatic amines is 1. The number of carbonyl (C=O) groups excluding carboxylic acids is 2. The van der Waals surface area contributed by atoms with Gasteiger partial charge in [-0.05, 0) is 23.6 Å². The highest BCUT2D eigenvalue weighted by Crippen LogP contribution is 2.29. The minimum Gasteiger partial charge on any atom is -0.453 e. The Morgan fingerprint density at radius 2 is 1.97 bits per heavy atom. The van der Waals surface area contributed by atoms with Crippen molar-refractivity contribution < 1.29 is 14.3 Å². The van der Waals surface area contributed by atoms with Crippen molar-refractivity contribution in [2.24, 2.45) is 5.41 Å². The van der Waals surface area contributed by atoms with Gasteiger partial charge in [-0.3, -0.25) is 9.89 Å². The van der Waals surface area contributed by atoms with E-state index in [4.69, 9.17) is 11.6 Å². The van der Waals surface area contributed by atoms with E-state index >= 15 is 0 Å². The minimum absolute atomic E-state index is 0.223. The zero-order chi connectivity index (χ0) is 21.9. The molecule has 0 fully saturated rings. The Labute approximate surface area is 177 Å². The molecule has 0 spiro atoms. The van der Waals surface area contributed by atoms with Crippen molar-refractivity contribution in [3.8, 4) is 0 Å². The highest BCUT2D eigenvalue weighted by Gasteiger charge is 2.34. The monoisotopic (exact) mass is 431 g/mol. The smallest absolute Gasteiger partial charge is 0.407 e. The van der Waals surface area contributed by atoms with Crippen LogP contribution in [-0.4, -0.2) is 45.3 Å². The molecule has 4 N–H and O–H groups in total. The third-order valence-electron chi connectivity index (χ3n) is 4.26. The first-order valence-electron chi connectivity index (χ1n) is 9.06. The summed E-state index contributed by atoms with van der Waals surface area (Å²) < 4.78 is 4.63. The fourth-order valence-corrected chi connectivity index (χ4v) is 2.98. The first kappa shape index (κ1) is 21.3. The molecule has 10 nitrogen and oxygen atoms in total. The van der Waals surface area contributed by atoms with Gasteiger partial charge in [0.05, 0.1) is 7.11 Å². The minimum atomic E-state index is -0.870. The second kappa shape index (κ2) is 8.54. The van der Waals surface area contributed by atoms with Gasteiger partial charge in [0, 0.05) is 10.7 Å². The SMILES string of the molecule is COC(=O)NC(C(=O)Nc1n[nH]c2ncnc(Nc3cccc(Cl)c3)c12)C(C)(C)C. The number of amides is 2. The standard InChI is InChI=1S/C19H22ClN7O3/c1-19(2,3)13(24-18(29)30-4)17(28)25-16-12-14(21-9-22-15(12)26-27-16)23-11-7-5-6-10(20)8-11/h5-9,13H,1-4H3,(H,24,29)(H3,21,22,23,25,26,27,28). The van der Waals surface area contributed by atoms with Crippen molar-refractivity contribution in [2.75, 3.05) is 17.7 Å². The van der Waals surface area contributed by atoms with Gasteiger partial charge in [-0.25, -0.2) is 14.8 Å². The van der Waals surface area contributed by atoms with Gasteiger partial charge in [-0.2, -0.15) is 5.10 Å². The van der Waals surface area contributed by atoms with Crippen molar-refractivity contribution in [1.29, 1.82) is 0 Å². The van der Waals surface area contributed by atoms with Gasteiger partial charge in [-0.15, -0.1) is 0 Å². The van der Waals surface area contributed by atoms with Crippen LogP contribution in [0.3, 0.4) is 0 Å². The van der Waals surface area contributed by atoms with Gasteiger partial charge >= 0.3 is 6.09 Å². The largest absolute Gasteiger partial charge is 0.453 e. The first-order chi connectivity index (χ1) is 14.2. The summed E-state index contributed by atoms with van der Waals surface area (Å²) in [5, 5.41) is 16.4. The molecule has 1 unspecified atom stereocenters. The summed E-state index contributed by atoms with van der Waals surface area (Å²) in [6, 6.07) is 6.25. The van der Waals surface area contributed by atoms with Crippen LogP contribution in [0.15, 0.2) is 30.6 Å². The number of ether oxygens (including phenoxy) is 1. The summed E-state index contributed by atoms with van der Waals surface area (Å²) >= 11 is 6.05. The molecule has 0 aliphatic rings. The summed E-state index contributed by atoms with van der Waals surface area (Å²) in [6.45, 7) is 5.47. The maximum Gasteiger partial charge on any atom is 0.407 e. The molecule has 1 atom stereocenters. The van der Waals surface area contributed by atoms with Crippen LogP contribution >= 0.6 is 11.6 Å². The molecule has 0 saturated carbocycles. The lowest BCUT2D eigenvalue weighted by atomic mass is 9.86. The highest BCUT2D eigenvalue weighted by molar-refractivity contribution is 6.30. The summed E-state index contributed by atoms with van der Waals surface area (Å²) in [5.74, 6) is 0.194. The van der Waals surface area contributed by atoms with Crippen LogP contribution in [0.5, 0.6) is 0 Å². The van der Waals surface area contributed by atoms with E-state index in [1.807, 2.05) is 26.8 Å². The molecule has 2 aromatic heterocycles. The normalized spacial score (nSPS) is 12.3. The summed E-state index contributed by atoms with van der Waals surface area (Å²) in [7, 11) is 1.24. The average molecular weight is 432 g/mol. The third-order valence-corrected chi connectivity index (χ3v) is 4.50. The molecule has 0 aliphatic heterocycles. The fourth-order valence-electron chi connectivity index (χ4n) is 2.79. The van der Waals surface area contributed by atoms with Crippen LogP contribution < -0.4 is 16.0 Å². The van der Waals surface area contributed by atoms with Crippen LogP contribution in [0.2, 0.25) is 5.02 Å². The Bertz CT molecular complexity index is 1080. The quantitative estimate of drug-likeness (QED) is 0.486. The van der Waals surface area contributed by atoms with E-state index in [9.17, 15) is 9.59 Å². The predicted molar refractivity (Wildman–Crippen MR) is 114 cm³/mol. The molecule has 30 heavy (non-hydrogen) atoms. The van der Waals surface area contributed by atoms with Crippen LogP contribution in [0.25, 0.3) is 11.0 Å². The van der Waals surface area contributed by atoms with Crippen LogP contribution in [0.4, 0.5) is 22.1 Å². The lowest BCUT2D eigenvalue weighted by Crippen LogP contribution is -2.51. The Kier molecular flexibility index (Phi) is 6.06. The number of methoxy groups -OCH3 is 1. The molecule has 11 heteroatoms. The topological polar surface area (TPSA) is 134 Å². The Hall–Kier alpha value is -3.40. The summed E-state index contributed by atoms with van der Waals surface area (Å²) in [4.78, 5) is 33.1. The van der Waals surface area contributed by atoms with E-state index in [1.165, 1.54) is 13.4 Å². The number of nitrogens with one attached hydrogen (secondary N) is 4. The lowest BCUT2D eigenvalue weighted by Gasteiger charge is -2.29. The first-order valence-corrected chi connectivity index (χ1v) is 9.44. The predicted octanol–water partition coefficient (Wildman–Crippen LogP) is 3.46. The van der Waals surface area contributed by atoms with Crippen molar-refractivity contribution in [3.05, 3.63) is 35.6 Å². The van der Waals surface area contributed by atoms with E-state index in [0.29, 0.717) is 27.6 Å². The van der Waals surface area contributed by atoms with Crippen molar-refractivity contribution in [3.63, 3.8) is 0 Å². The molecule has 3 aromatic rings. The number of hydrogen-bond donors (Lipinski definition) is 4. The average Bonchev–Trinajstić information content (AvgIpc) is 3.08. The molecule has 0 aliphatic carbocycles. The van der Waals surface area contributed by atoms with Crippen molar-refractivity contribution in [2.45, 2.75) is 26.8 Å². The number of carbonyl (C=O) groups is 2. The maximum atomic E-state index is 13.0. The fraction of sp³-hybridized carbons (Fsp3) is 0.316. The van der Waals surface area contributed by atoms with Crippen LogP contribution in [0.1, 0.15) is 20.8 Å². The molecular weight excluding hydrogens is 410 g/mol. The second-order valence-electron chi connectivity index (χ2n) is 7.58. The Morgan fingerprint density at radius 1 is 1.20 bits per heavy atom. The lowest BCUT2D eigenvalue weighted by molar-refractivity contribution is -0.120. The van der Waals surface area contributed by atoms with Crippen molar-refractivity contribution in [1.82, 2.24) is 25.5 Å². The number of H-pyrrole nitrogens is 1. The van der Waals surface area contributed by atoms with Gasteiger partial charge in [0.15, 0.2) is 11.5 Å². The third kappa shape index (κ3) is 4.77. The van der Waals surface area contributed by atoms with Gasteiger partial charge in [0.2, 0.25) is 5.91 Å². The molecule has 0 bridgehead atoms. The van der Waals surface area contributed by atoms with E-state index in [-0.39, 0.29) is 5.82 Å². The van der Waals surface area contributed by atoms with Gasteiger partial charge in [-0.1, -0.05) is 38.4 Å². The van der Waals surface area contributed by atoms with Gasteiger partial charge < -0.3 is 20.7 Å². The van der Waals surface area contributed by atoms with Gasteiger partial charge in [0.1, 0.15) is 23.6 Å². The summed E-state index contributed by atoms with van der Waals surface area (Å²) in [6.07, 6.45) is 0.666. The zero-order valence-corrected chi connectivity index (χ0v) is 17.7. The number of rotatable bonds is 5. The maximum absolute atomic E-state index is 13.0. The molecule has 2 amide bonds. The number of aromatic nitrogens is 4. The van der Waals surface area contributed by atoms with E-state index in [0.717, 1.165) is 0 Å². The number of alkyl carbamates (subject to hydrolysis) is 1. The number of hydrogen-bond acceptors (Lipinski definition) is 7. The van der Waals surface area contributed by atoms with Gasteiger partial charge in [0.25, 0.3) is 0 Å². The molecule has 2 heterocycles.